The van der Waals surface area contributed by atoms with Gasteiger partial charge < -0.3 is 10.2 Å². The van der Waals surface area contributed by atoms with E-state index in [-0.39, 0.29) is 0 Å². The Bertz CT molecular complexity index is 933. The van der Waals surface area contributed by atoms with Crippen LogP contribution in [0.5, 0.6) is 0 Å². The predicted molar refractivity (Wildman–Crippen MR) is 163 cm³/mol. The van der Waals surface area contributed by atoms with Gasteiger partial charge in [-0.1, -0.05) is 64.2 Å². The molecule has 0 bridgehead atoms. The molecule has 5 nitrogen and oxygen atoms in total. The van der Waals surface area contributed by atoms with Crippen molar-refractivity contribution < 1.29 is 4.79 Å². The van der Waals surface area contributed by atoms with Gasteiger partial charge >= 0.3 is 0 Å². The number of nitrogens with one attached hydrogen (secondary N) is 1. The number of rotatable bonds is 16. The lowest BCUT2D eigenvalue weighted by atomic mass is 9.93. The Hall–Kier alpha value is -2.14. The van der Waals surface area contributed by atoms with Crippen molar-refractivity contribution in [1.29, 1.82) is 0 Å². The molecule has 212 valence electrons. The number of hydrogen-bond acceptors (Lipinski definition) is 4. The fraction of sp³-hybridized carbons (Fsp3) is 0.697. The van der Waals surface area contributed by atoms with Gasteiger partial charge in [0.2, 0.25) is 5.91 Å². The van der Waals surface area contributed by atoms with Crippen molar-refractivity contribution in [3.8, 4) is 0 Å². The van der Waals surface area contributed by atoms with E-state index in [1.165, 1.54) is 47.4 Å². The van der Waals surface area contributed by atoms with Gasteiger partial charge in [0.15, 0.2) is 0 Å². The summed E-state index contributed by atoms with van der Waals surface area (Å²) in [6.07, 6.45) is 14.4. The van der Waals surface area contributed by atoms with E-state index in [1.807, 2.05) is 6.20 Å². The first-order valence-corrected chi connectivity index (χ1v) is 15.5. The number of fused-ring (bicyclic) bond motifs is 1. The lowest BCUT2D eigenvalue weighted by molar-refractivity contribution is -0.132. The van der Waals surface area contributed by atoms with Crippen LogP contribution in [0.25, 0.3) is 0 Å². The summed E-state index contributed by atoms with van der Waals surface area (Å²) < 4.78 is 0. The van der Waals surface area contributed by atoms with E-state index in [2.05, 4.69) is 67.9 Å². The molecule has 2 atom stereocenters. The van der Waals surface area contributed by atoms with E-state index in [1.54, 1.807) is 0 Å². The van der Waals surface area contributed by atoms with Gasteiger partial charge in [0, 0.05) is 49.8 Å². The molecule has 1 aromatic rings. The standard InChI is InChI=1S/C33H54N4O/c1-6-9-11-12-20-36(19-10-7-2)33(38)25-37-24-29(27-13-16-32-28(21-27)17-18-34-32)22-31(37)15-14-30(8-3)35-23-26(4)5/h13,16,21,23,29,31,34H,6-12,14-15,17-20,22,24-25H2,1-5H3. The van der Waals surface area contributed by atoms with Gasteiger partial charge in [0.05, 0.1) is 6.54 Å². The monoisotopic (exact) mass is 522 g/mol. The summed E-state index contributed by atoms with van der Waals surface area (Å²) in [5.74, 6) is 0.819. The molecule has 0 radical (unpaired) electrons. The molecule has 5 heteroatoms. The molecule has 2 aliphatic rings. The smallest absolute Gasteiger partial charge is 0.236 e. The highest BCUT2D eigenvalue weighted by molar-refractivity contribution is 5.84. The molecule has 2 heterocycles. The van der Waals surface area contributed by atoms with Gasteiger partial charge in [-0.3, -0.25) is 14.7 Å². The number of anilines is 1. The highest BCUT2D eigenvalue weighted by Gasteiger charge is 2.35. The third-order valence-corrected chi connectivity index (χ3v) is 8.27. The second-order valence-electron chi connectivity index (χ2n) is 11.7. The second kappa shape index (κ2) is 16.1. The molecule has 0 aromatic heterocycles. The topological polar surface area (TPSA) is 47.9 Å². The van der Waals surface area contributed by atoms with Gasteiger partial charge in [-0.15, -0.1) is 0 Å². The average molecular weight is 523 g/mol. The molecule has 3 rings (SSSR count). The van der Waals surface area contributed by atoms with Gasteiger partial charge in [0.25, 0.3) is 0 Å². The zero-order chi connectivity index (χ0) is 27.3. The number of allylic oxidation sites excluding steroid dienone is 1. The molecule has 0 spiro atoms. The number of amides is 1. The van der Waals surface area contributed by atoms with Gasteiger partial charge in [-0.25, -0.2) is 0 Å². The molecule has 0 aliphatic carbocycles. The first-order valence-electron chi connectivity index (χ1n) is 15.5. The maximum atomic E-state index is 13.6. The zero-order valence-corrected chi connectivity index (χ0v) is 25.0. The van der Waals surface area contributed by atoms with Gasteiger partial charge in [0.1, 0.15) is 0 Å². The fourth-order valence-corrected chi connectivity index (χ4v) is 5.90. The minimum atomic E-state index is 0.327. The highest BCUT2D eigenvalue weighted by atomic mass is 16.2. The van der Waals surface area contributed by atoms with Crippen molar-refractivity contribution in [2.45, 2.75) is 117 Å². The number of hydrogen-bond donors (Lipinski definition) is 1. The SMILES string of the molecule is CCCCCCN(CCCC)C(=O)CN1CC(c2ccc3c(c2)CCN3)CC1CCC(CC)=NC=C(C)C. The number of unbranched alkanes of at least 4 members (excludes halogenated alkanes) is 4. The first-order chi connectivity index (χ1) is 18.4. The number of benzene rings is 1. The Morgan fingerprint density at radius 1 is 1.11 bits per heavy atom. The summed E-state index contributed by atoms with van der Waals surface area (Å²) in [7, 11) is 0. The summed E-state index contributed by atoms with van der Waals surface area (Å²) in [5, 5.41) is 3.50. The highest BCUT2D eigenvalue weighted by Crippen LogP contribution is 2.36. The Kier molecular flexibility index (Phi) is 12.9. The third-order valence-electron chi connectivity index (χ3n) is 8.27. The van der Waals surface area contributed by atoms with E-state index >= 15 is 0 Å². The molecule has 1 fully saturated rings. The summed E-state index contributed by atoms with van der Waals surface area (Å²) in [5.41, 5.74) is 6.71. The summed E-state index contributed by atoms with van der Waals surface area (Å²) in [6.45, 7) is 15.3. The molecule has 1 saturated heterocycles. The van der Waals surface area contributed by atoms with Crippen molar-refractivity contribution in [1.82, 2.24) is 9.80 Å². The van der Waals surface area contributed by atoms with E-state index in [0.717, 1.165) is 77.5 Å². The normalized spacial score (nSPS) is 19.3. The Balaban J connectivity index is 1.72. The predicted octanol–water partition coefficient (Wildman–Crippen LogP) is 7.58. The number of carbonyl (C=O) groups is 1. The molecule has 0 saturated carbocycles. The minimum absolute atomic E-state index is 0.327. The summed E-state index contributed by atoms with van der Waals surface area (Å²) in [4.78, 5) is 23.1. The minimum Gasteiger partial charge on any atom is -0.384 e. The third kappa shape index (κ3) is 9.25. The second-order valence-corrected chi connectivity index (χ2v) is 11.7. The van der Waals surface area contributed by atoms with E-state index in [9.17, 15) is 4.79 Å². The van der Waals surface area contributed by atoms with Crippen LogP contribution in [0.1, 0.15) is 116 Å². The van der Waals surface area contributed by atoms with Crippen LogP contribution in [0, 0.1) is 0 Å². The van der Waals surface area contributed by atoms with Crippen LogP contribution in [0.2, 0.25) is 0 Å². The number of likely N-dealkylation sites (tertiary alicyclic amines) is 1. The maximum Gasteiger partial charge on any atom is 0.236 e. The molecule has 1 amide bonds. The van der Waals surface area contributed by atoms with Crippen LogP contribution in [0.15, 0.2) is 35.0 Å². The molecule has 38 heavy (non-hydrogen) atoms. The Morgan fingerprint density at radius 2 is 1.89 bits per heavy atom. The van der Waals surface area contributed by atoms with Crippen LogP contribution < -0.4 is 5.32 Å². The van der Waals surface area contributed by atoms with Crippen LogP contribution >= 0.6 is 0 Å². The van der Waals surface area contributed by atoms with Crippen LogP contribution in [0.4, 0.5) is 5.69 Å². The lowest BCUT2D eigenvalue weighted by Crippen LogP contribution is -2.43. The Labute approximate surface area is 233 Å². The average Bonchev–Trinajstić information content (AvgIpc) is 3.54. The van der Waals surface area contributed by atoms with Crippen molar-refractivity contribution in [2.75, 3.05) is 38.0 Å². The molecule has 2 unspecified atom stereocenters. The van der Waals surface area contributed by atoms with Crippen molar-refractivity contribution in [3.05, 3.63) is 41.1 Å². The lowest BCUT2D eigenvalue weighted by Gasteiger charge is -2.29. The Morgan fingerprint density at radius 3 is 2.63 bits per heavy atom. The molecular weight excluding hydrogens is 468 g/mol. The van der Waals surface area contributed by atoms with Crippen molar-refractivity contribution in [3.63, 3.8) is 0 Å². The molecule has 1 N–H and O–H groups in total. The molecular formula is C33H54N4O. The van der Waals surface area contributed by atoms with Gasteiger partial charge in [-0.2, -0.15) is 0 Å². The van der Waals surface area contributed by atoms with Crippen LogP contribution in [-0.4, -0.2) is 60.2 Å². The summed E-state index contributed by atoms with van der Waals surface area (Å²) in [6, 6.07) is 7.44. The number of nitrogens with zero attached hydrogens (tertiary/aromatic N) is 3. The quantitative estimate of drug-likeness (QED) is 0.180. The van der Waals surface area contributed by atoms with E-state index < -0.39 is 0 Å². The maximum absolute atomic E-state index is 13.6. The van der Waals surface area contributed by atoms with Crippen molar-refractivity contribution in [2.24, 2.45) is 4.99 Å². The van der Waals surface area contributed by atoms with Crippen molar-refractivity contribution >= 4 is 17.3 Å². The number of carbonyl (C=O) groups excluding carboxylic acids is 1. The van der Waals surface area contributed by atoms with Gasteiger partial charge in [-0.05, 0) is 81.9 Å². The van der Waals surface area contributed by atoms with E-state index in [4.69, 9.17) is 4.99 Å². The molecule has 2 aliphatic heterocycles. The largest absolute Gasteiger partial charge is 0.384 e. The first kappa shape index (κ1) is 30.4. The zero-order valence-electron chi connectivity index (χ0n) is 25.0. The van der Waals surface area contributed by atoms with Crippen LogP contribution in [0.3, 0.4) is 0 Å². The number of aliphatic imine (C=N–C) groups is 1. The van der Waals surface area contributed by atoms with Crippen LogP contribution in [-0.2, 0) is 11.2 Å². The fourth-order valence-electron chi connectivity index (χ4n) is 5.90. The molecule has 1 aromatic carbocycles. The van der Waals surface area contributed by atoms with E-state index in [0.29, 0.717) is 24.4 Å². The summed E-state index contributed by atoms with van der Waals surface area (Å²) >= 11 is 0.